The Labute approximate surface area is 123 Å². The van der Waals surface area contributed by atoms with E-state index >= 15 is 0 Å². The highest BCUT2D eigenvalue weighted by Crippen LogP contribution is 2.28. The molecule has 0 unspecified atom stereocenters. The molecular weight excluding hydrogens is 284 g/mol. The first-order valence-electron chi connectivity index (χ1n) is 6.32. The maximum atomic E-state index is 10.2. The van der Waals surface area contributed by atoms with Crippen LogP contribution in [-0.4, -0.2) is 42.9 Å². The predicted octanol–water partition coefficient (Wildman–Crippen LogP) is 2.84. The predicted molar refractivity (Wildman–Crippen MR) is 77.9 cm³/mol. The molecule has 1 saturated heterocycles. The first-order valence-corrected chi connectivity index (χ1v) is 7.69. The van der Waals surface area contributed by atoms with E-state index in [1.807, 2.05) is 31.2 Å². The van der Waals surface area contributed by atoms with Gasteiger partial charge in [0.25, 0.3) is 0 Å². The van der Waals surface area contributed by atoms with Crippen LogP contribution in [-0.2, 0) is 9.47 Å². The lowest BCUT2D eigenvalue weighted by Crippen LogP contribution is -2.51. The summed E-state index contributed by atoms with van der Waals surface area (Å²) < 4.78 is 11.1. The number of rotatable bonds is 4. The molecule has 1 N–H and O–H groups in total. The molecular formula is C14H19ClO3S. The van der Waals surface area contributed by atoms with Crippen LogP contribution < -0.4 is 0 Å². The van der Waals surface area contributed by atoms with Crippen molar-refractivity contribution in [2.45, 2.75) is 30.1 Å². The van der Waals surface area contributed by atoms with Gasteiger partial charge in [-0.1, -0.05) is 18.5 Å². The summed E-state index contributed by atoms with van der Waals surface area (Å²) in [7, 11) is 1.64. The molecule has 106 valence electrons. The Bertz CT molecular complexity index is 398. The zero-order valence-corrected chi connectivity index (χ0v) is 12.7. The fourth-order valence-corrected chi connectivity index (χ4v) is 3.35. The van der Waals surface area contributed by atoms with E-state index < -0.39 is 6.10 Å². The van der Waals surface area contributed by atoms with E-state index in [0.29, 0.717) is 12.4 Å². The van der Waals surface area contributed by atoms with Crippen LogP contribution in [0.3, 0.4) is 0 Å². The van der Waals surface area contributed by atoms with Crippen molar-refractivity contribution in [2.24, 2.45) is 5.92 Å². The topological polar surface area (TPSA) is 38.7 Å². The summed E-state index contributed by atoms with van der Waals surface area (Å²) in [4.78, 5) is 1.12. The van der Waals surface area contributed by atoms with Crippen molar-refractivity contribution in [3.8, 4) is 0 Å². The zero-order chi connectivity index (χ0) is 13.8. The van der Waals surface area contributed by atoms with Crippen LogP contribution in [0, 0.1) is 5.92 Å². The number of aliphatic hydroxyl groups excluding tert-OH is 1. The first-order chi connectivity index (χ1) is 9.11. The SMILES string of the molecule is CO[C@@H]1[C@@H](O)[C@H](CSc2ccc(Cl)cc2)OC[C@@H]1C. The summed E-state index contributed by atoms with van der Waals surface area (Å²) in [5, 5.41) is 11.0. The van der Waals surface area contributed by atoms with Gasteiger partial charge in [-0.2, -0.15) is 0 Å². The number of hydrogen-bond acceptors (Lipinski definition) is 4. The van der Waals surface area contributed by atoms with Crippen LogP contribution in [0.1, 0.15) is 6.92 Å². The molecule has 1 heterocycles. The largest absolute Gasteiger partial charge is 0.388 e. The molecule has 1 aromatic carbocycles. The molecule has 1 fully saturated rings. The van der Waals surface area contributed by atoms with E-state index in [0.717, 1.165) is 9.92 Å². The third kappa shape index (κ3) is 3.86. The number of methoxy groups -OCH3 is 1. The number of thioether (sulfide) groups is 1. The molecule has 0 saturated carbocycles. The van der Waals surface area contributed by atoms with Crippen LogP contribution in [0.2, 0.25) is 5.02 Å². The van der Waals surface area contributed by atoms with E-state index in [4.69, 9.17) is 21.1 Å². The molecule has 4 atom stereocenters. The summed E-state index contributed by atoms with van der Waals surface area (Å²) in [6, 6.07) is 7.67. The quantitative estimate of drug-likeness (QED) is 0.868. The number of ether oxygens (including phenoxy) is 2. The summed E-state index contributed by atoms with van der Waals surface area (Å²) in [5.74, 6) is 0.923. The van der Waals surface area contributed by atoms with E-state index in [9.17, 15) is 5.11 Å². The molecule has 19 heavy (non-hydrogen) atoms. The van der Waals surface area contributed by atoms with E-state index in [-0.39, 0.29) is 18.1 Å². The molecule has 0 bridgehead atoms. The Morgan fingerprint density at radius 1 is 1.42 bits per heavy atom. The molecule has 0 radical (unpaired) electrons. The number of hydrogen-bond donors (Lipinski definition) is 1. The highest BCUT2D eigenvalue weighted by molar-refractivity contribution is 7.99. The van der Waals surface area contributed by atoms with Crippen LogP contribution in [0.15, 0.2) is 29.2 Å². The maximum absolute atomic E-state index is 10.2. The Kier molecular flexibility index (Phi) is 5.54. The summed E-state index contributed by atoms with van der Waals surface area (Å²) >= 11 is 7.50. The second-order valence-electron chi connectivity index (χ2n) is 4.80. The zero-order valence-electron chi connectivity index (χ0n) is 11.1. The van der Waals surface area contributed by atoms with Crippen molar-refractivity contribution in [1.29, 1.82) is 0 Å². The van der Waals surface area contributed by atoms with Gasteiger partial charge >= 0.3 is 0 Å². The van der Waals surface area contributed by atoms with Crippen molar-refractivity contribution in [1.82, 2.24) is 0 Å². The lowest BCUT2D eigenvalue weighted by molar-refractivity contribution is -0.162. The second kappa shape index (κ2) is 6.95. The van der Waals surface area contributed by atoms with Crippen molar-refractivity contribution in [3.63, 3.8) is 0 Å². The van der Waals surface area contributed by atoms with Crippen molar-refractivity contribution in [2.75, 3.05) is 19.5 Å². The summed E-state index contributed by atoms with van der Waals surface area (Å²) in [6.45, 7) is 2.65. The molecule has 1 aromatic rings. The molecule has 0 aliphatic carbocycles. The third-order valence-electron chi connectivity index (χ3n) is 3.35. The highest BCUT2D eigenvalue weighted by Gasteiger charge is 2.37. The van der Waals surface area contributed by atoms with E-state index in [2.05, 4.69) is 0 Å². The molecule has 1 aliphatic rings. The Morgan fingerprint density at radius 3 is 2.74 bits per heavy atom. The standard InChI is InChI=1S/C14H19ClO3S/c1-9-7-18-12(13(16)14(9)17-2)8-19-11-5-3-10(15)4-6-11/h3-6,9,12-14,16H,7-8H2,1-2H3/t9-,12-,13-,14-/m0/s1. The minimum Gasteiger partial charge on any atom is -0.388 e. The lowest BCUT2D eigenvalue weighted by Gasteiger charge is -2.38. The van der Waals surface area contributed by atoms with Crippen molar-refractivity contribution >= 4 is 23.4 Å². The highest BCUT2D eigenvalue weighted by atomic mass is 35.5. The minimum atomic E-state index is -0.575. The van der Waals surface area contributed by atoms with Crippen molar-refractivity contribution in [3.05, 3.63) is 29.3 Å². The van der Waals surface area contributed by atoms with Gasteiger partial charge in [0.2, 0.25) is 0 Å². The van der Waals surface area contributed by atoms with Gasteiger partial charge in [0, 0.05) is 28.7 Å². The molecule has 0 spiro atoms. The molecule has 0 aromatic heterocycles. The van der Waals surface area contributed by atoms with E-state index in [1.165, 1.54) is 0 Å². The first kappa shape index (κ1) is 15.1. The van der Waals surface area contributed by atoms with Gasteiger partial charge < -0.3 is 14.6 Å². The van der Waals surface area contributed by atoms with Gasteiger partial charge in [-0.15, -0.1) is 11.8 Å². The van der Waals surface area contributed by atoms with Gasteiger partial charge in [0.05, 0.1) is 18.8 Å². The monoisotopic (exact) mass is 302 g/mol. The second-order valence-corrected chi connectivity index (χ2v) is 6.33. The van der Waals surface area contributed by atoms with Gasteiger partial charge in [0.15, 0.2) is 0 Å². The van der Waals surface area contributed by atoms with Crippen LogP contribution in [0.25, 0.3) is 0 Å². The Morgan fingerprint density at radius 2 is 2.11 bits per heavy atom. The number of aliphatic hydroxyl groups is 1. The van der Waals surface area contributed by atoms with Crippen LogP contribution >= 0.6 is 23.4 Å². The lowest BCUT2D eigenvalue weighted by atomic mass is 9.94. The van der Waals surface area contributed by atoms with Crippen molar-refractivity contribution < 1.29 is 14.6 Å². The Balaban J connectivity index is 1.90. The average molecular weight is 303 g/mol. The van der Waals surface area contributed by atoms with Gasteiger partial charge in [-0.05, 0) is 24.3 Å². The summed E-state index contributed by atoms with van der Waals surface area (Å²) in [5.41, 5.74) is 0. The number of benzene rings is 1. The third-order valence-corrected chi connectivity index (χ3v) is 4.70. The molecule has 0 amide bonds. The minimum absolute atomic E-state index is 0.149. The van der Waals surface area contributed by atoms with E-state index in [1.54, 1.807) is 18.9 Å². The average Bonchev–Trinajstić information content (AvgIpc) is 2.40. The van der Waals surface area contributed by atoms with Gasteiger partial charge in [-0.25, -0.2) is 0 Å². The fourth-order valence-electron chi connectivity index (χ4n) is 2.24. The molecule has 3 nitrogen and oxygen atoms in total. The Hall–Kier alpha value is -0.260. The molecule has 2 rings (SSSR count). The smallest absolute Gasteiger partial charge is 0.107 e. The fraction of sp³-hybridized carbons (Fsp3) is 0.571. The van der Waals surface area contributed by atoms with Crippen LogP contribution in [0.5, 0.6) is 0 Å². The van der Waals surface area contributed by atoms with Crippen LogP contribution in [0.4, 0.5) is 0 Å². The number of halogens is 1. The normalized spacial score (nSPS) is 31.4. The van der Waals surface area contributed by atoms with Gasteiger partial charge in [0.1, 0.15) is 6.10 Å². The molecule has 5 heteroatoms. The molecule has 1 aliphatic heterocycles. The van der Waals surface area contributed by atoms with Gasteiger partial charge in [-0.3, -0.25) is 0 Å². The summed E-state index contributed by atoms with van der Waals surface area (Å²) in [6.07, 6.45) is -0.917. The maximum Gasteiger partial charge on any atom is 0.107 e.